The van der Waals surface area contributed by atoms with E-state index in [0.717, 1.165) is 25.0 Å². The Labute approximate surface area is 241 Å². The smallest absolute Gasteiger partial charge is 0.136 e. The molecule has 2 aliphatic heterocycles. The maximum absolute atomic E-state index is 5.12. The lowest BCUT2D eigenvalue weighted by Gasteiger charge is -2.29. The first-order valence-electron chi connectivity index (χ1n) is 14.8. The number of anilines is 4. The molecule has 210 valence electrons. The van der Waals surface area contributed by atoms with Gasteiger partial charge in [0.2, 0.25) is 0 Å². The number of para-hydroxylation sites is 2. The van der Waals surface area contributed by atoms with Gasteiger partial charge in [0, 0.05) is 36.2 Å². The molecule has 5 rings (SSSR count). The number of hydrogen-bond donors (Lipinski definition) is 0. The Morgan fingerprint density at radius 3 is 1.07 bits per heavy atom. The maximum atomic E-state index is 5.12. The van der Waals surface area contributed by atoms with Crippen LogP contribution >= 0.6 is 0 Å². The standard InChI is InChI=1S/C35H45N5/c1-24(2)28-12-9-13-29(25(3)4)34(28)39-20-18-37(22-39)32-16-11-17-33(36-32)38-19-21-40(23-38)35-30(26(5)6)14-10-15-31(35)27(7)8/h9-21,24-27H,22-23H2,1-8H3. The van der Waals surface area contributed by atoms with Crippen LogP contribution in [0.2, 0.25) is 0 Å². The Morgan fingerprint density at radius 1 is 0.450 bits per heavy atom. The molecule has 0 atom stereocenters. The number of hydrogen-bond acceptors (Lipinski definition) is 5. The normalized spacial score (nSPS) is 15.3. The fourth-order valence-corrected chi connectivity index (χ4v) is 5.85. The maximum Gasteiger partial charge on any atom is 0.136 e. The van der Waals surface area contributed by atoms with Crippen LogP contribution in [-0.2, 0) is 0 Å². The molecule has 0 spiro atoms. The predicted molar refractivity (Wildman–Crippen MR) is 171 cm³/mol. The van der Waals surface area contributed by atoms with Gasteiger partial charge in [-0.25, -0.2) is 4.98 Å². The number of aromatic nitrogens is 1. The van der Waals surface area contributed by atoms with Gasteiger partial charge < -0.3 is 19.6 Å². The summed E-state index contributed by atoms with van der Waals surface area (Å²) in [6.45, 7) is 19.7. The second-order valence-electron chi connectivity index (χ2n) is 12.3. The van der Waals surface area contributed by atoms with Crippen molar-refractivity contribution >= 4 is 23.0 Å². The molecule has 1 aromatic heterocycles. The van der Waals surface area contributed by atoms with Gasteiger partial charge in [0.15, 0.2) is 0 Å². The lowest BCUT2D eigenvalue weighted by Crippen LogP contribution is -2.29. The van der Waals surface area contributed by atoms with E-state index >= 15 is 0 Å². The van der Waals surface area contributed by atoms with E-state index in [4.69, 9.17) is 4.98 Å². The van der Waals surface area contributed by atoms with E-state index in [0.29, 0.717) is 23.7 Å². The van der Waals surface area contributed by atoms with Gasteiger partial charge in [0.25, 0.3) is 0 Å². The quantitative estimate of drug-likeness (QED) is 0.287. The molecule has 0 unspecified atom stereocenters. The summed E-state index contributed by atoms with van der Waals surface area (Å²) in [6, 6.07) is 19.8. The molecule has 0 bridgehead atoms. The van der Waals surface area contributed by atoms with Crippen LogP contribution in [0.25, 0.3) is 0 Å². The molecule has 2 aromatic carbocycles. The Balaban J connectivity index is 1.37. The summed E-state index contributed by atoms with van der Waals surface area (Å²) >= 11 is 0. The zero-order valence-corrected chi connectivity index (χ0v) is 25.5. The van der Waals surface area contributed by atoms with E-state index in [9.17, 15) is 0 Å². The first kappa shape index (κ1) is 27.8. The molecule has 0 amide bonds. The molecule has 2 aliphatic rings. The van der Waals surface area contributed by atoms with Crippen LogP contribution in [0.15, 0.2) is 79.4 Å². The van der Waals surface area contributed by atoms with Crippen molar-refractivity contribution in [1.82, 2.24) is 4.98 Å². The fraction of sp³-hybridized carbons (Fsp3) is 0.400. The zero-order valence-electron chi connectivity index (χ0n) is 25.5. The summed E-state index contributed by atoms with van der Waals surface area (Å²) < 4.78 is 0. The summed E-state index contributed by atoms with van der Waals surface area (Å²) in [5.74, 6) is 3.75. The number of benzene rings is 2. The fourth-order valence-electron chi connectivity index (χ4n) is 5.85. The number of nitrogens with zero attached hydrogens (tertiary/aromatic N) is 5. The third-order valence-electron chi connectivity index (χ3n) is 8.03. The average Bonchev–Trinajstić information content (AvgIpc) is 3.63. The Hall–Kier alpha value is -3.73. The molecule has 0 aliphatic carbocycles. The largest absolute Gasteiger partial charge is 0.327 e. The molecule has 0 saturated heterocycles. The minimum Gasteiger partial charge on any atom is -0.327 e. The van der Waals surface area contributed by atoms with Gasteiger partial charge in [0.1, 0.15) is 25.0 Å². The second-order valence-corrected chi connectivity index (χ2v) is 12.3. The average molecular weight is 536 g/mol. The molecule has 5 heteroatoms. The summed E-state index contributed by atoms with van der Waals surface area (Å²) in [5, 5.41) is 0. The minimum atomic E-state index is 0.458. The highest BCUT2D eigenvalue weighted by atomic mass is 15.4. The van der Waals surface area contributed by atoms with Crippen molar-refractivity contribution in [3.05, 3.63) is 102 Å². The minimum absolute atomic E-state index is 0.458. The Morgan fingerprint density at radius 2 is 0.750 bits per heavy atom. The van der Waals surface area contributed by atoms with E-state index in [2.05, 4.69) is 154 Å². The van der Waals surface area contributed by atoms with Gasteiger partial charge in [-0.1, -0.05) is 97.9 Å². The molecular formula is C35H45N5. The van der Waals surface area contributed by atoms with Crippen LogP contribution in [0.4, 0.5) is 23.0 Å². The van der Waals surface area contributed by atoms with Gasteiger partial charge in [-0.2, -0.15) is 0 Å². The van der Waals surface area contributed by atoms with Gasteiger partial charge in [-0.05, 0) is 58.1 Å². The van der Waals surface area contributed by atoms with Crippen LogP contribution in [-0.4, -0.2) is 18.3 Å². The van der Waals surface area contributed by atoms with E-state index in [1.54, 1.807) is 0 Å². The molecule has 0 N–H and O–H groups in total. The molecule has 3 heterocycles. The highest BCUT2D eigenvalue weighted by Gasteiger charge is 2.26. The van der Waals surface area contributed by atoms with Crippen LogP contribution in [0.5, 0.6) is 0 Å². The third kappa shape index (κ3) is 5.34. The number of pyridine rings is 1. The Kier molecular flexibility index (Phi) is 7.93. The summed E-state index contributed by atoms with van der Waals surface area (Å²) in [6.07, 6.45) is 8.73. The van der Waals surface area contributed by atoms with Crippen molar-refractivity contribution in [2.24, 2.45) is 0 Å². The SMILES string of the molecule is CC(C)c1cccc(C(C)C)c1N1C=CN(c2cccc(N3C=CN(c4c(C(C)C)cccc4C(C)C)C3)n2)C1. The molecule has 0 fully saturated rings. The zero-order chi connectivity index (χ0) is 28.6. The van der Waals surface area contributed by atoms with Crippen molar-refractivity contribution < 1.29 is 0 Å². The molecule has 5 nitrogen and oxygen atoms in total. The highest BCUT2D eigenvalue weighted by molar-refractivity contribution is 5.69. The summed E-state index contributed by atoms with van der Waals surface area (Å²) in [5.41, 5.74) is 8.25. The second kappa shape index (κ2) is 11.4. The molecule has 0 radical (unpaired) electrons. The lowest BCUT2D eigenvalue weighted by atomic mass is 9.92. The first-order chi connectivity index (χ1) is 19.2. The summed E-state index contributed by atoms with van der Waals surface area (Å²) in [4.78, 5) is 14.4. The van der Waals surface area contributed by atoms with Crippen LogP contribution < -0.4 is 19.6 Å². The highest BCUT2D eigenvalue weighted by Crippen LogP contribution is 2.39. The molecular weight excluding hydrogens is 490 g/mol. The van der Waals surface area contributed by atoms with Crippen LogP contribution in [0, 0.1) is 0 Å². The van der Waals surface area contributed by atoms with Gasteiger partial charge in [0.05, 0.1) is 0 Å². The van der Waals surface area contributed by atoms with Gasteiger partial charge >= 0.3 is 0 Å². The molecule has 3 aromatic rings. The van der Waals surface area contributed by atoms with Crippen molar-refractivity contribution in [3.63, 3.8) is 0 Å². The van der Waals surface area contributed by atoms with E-state index in [1.165, 1.54) is 33.6 Å². The van der Waals surface area contributed by atoms with Crippen LogP contribution in [0.1, 0.15) is 101 Å². The topological polar surface area (TPSA) is 25.9 Å². The Bertz CT molecular complexity index is 1250. The van der Waals surface area contributed by atoms with Crippen molar-refractivity contribution in [2.45, 2.75) is 79.1 Å². The van der Waals surface area contributed by atoms with Gasteiger partial charge in [-0.15, -0.1) is 0 Å². The van der Waals surface area contributed by atoms with E-state index in [1.807, 2.05) is 0 Å². The summed E-state index contributed by atoms with van der Waals surface area (Å²) in [7, 11) is 0. The van der Waals surface area contributed by atoms with Crippen LogP contribution in [0.3, 0.4) is 0 Å². The van der Waals surface area contributed by atoms with Crippen molar-refractivity contribution in [2.75, 3.05) is 32.9 Å². The van der Waals surface area contributed by atoms with Gasteiger partial charge in [-0.3, -0.25) is 0 Å². The van der Waals surface area contributed by atoms with E-state index in [-0.39, 0.29) is 0 Å². The monoisotopic (exact) mass is 535 g/mol. The molecule has 0 saturated carbocycles. The van der Waals surface area contributed by atoms with E-state index < -0.39 is 0 Å². The first-order valence-corrected chi connectivity index (χ1v) is 14.8. The predicted octanol–water partition coefficient (Wildman–Crippen LogP) is 9.09. The number of rotatable bonds is 8. The third-order valence-corrected chi connectivity index (χ3v) is 8.03. The van der Waals surface area contributed by atoms with Crippen molar-refractivity contribution in [3.8, 4) is 0 Å². The molecule has 40 heavy (non-hydrogen) atoms. The lowest BCUT2D eigenvalue weighted by molar-refractivity contribution is 0.813. The van der Waals surface area contributed by atoms with Crippen molar-refractivity contribution in [1.29, 1.82) is 0 Å².